The Bertz CT molecular complexity index is 2120. The Morgan fingerprint density at radius 2 is 1.02 bits per heavy atom. The second kappa shape index (κ2) is 20.6. The Balaban J connectivity index is 0.000000224. The van der Waals surface area contributed by atoms with Crippen molar-refractivity contribution in [2.75, 3.05) is 67.9 Å². The Kier molecular flexibility index (Phi) is 14.9. The summed E-state index contributed by atoms with van der Waals surface area (Å²) in [6.45, 7) is 2.62. The lowest BCUT2D eigenvalue weighted by atomic mass is 10.2. The summed E-state index contributed by atoms with van der Waals surface area (Å²) in [6, 6.07) is 26.7. The average molecular weight is 809 g/mol. The minimum absolute atomic E-state index is 0.138. The maximum Gasteiger partial charge on any atom is 0.337 e. The molecule has 2 saturated heterocycles. The summed E-state index contributed by atoms with van der Waals surface area (Å²) < 4.78 is 4.76. The van der Waals surface area contributed by atoms with Gasteiger partial charge >= 0.3 is 24.0 Å². The number of urea groups is 2. The summed E-state index contributed by atoms with van der Waals surface area (Å²) in [5.74, 6) is -1.97. The van der Waals surface area contributed by atoms with Crippen molar-refractivity contribution < 1.29 is 38.6 Å². The highest BCUT2D eigenvalue weighted by molar-refractivity contribution is 5.91. The Labute approximate surface area is 341 Å². The quantitative estimate of drug-likeness (QED) is 0.0807. The average Bonchev–Trinajstić information content (AvgIpc) is 3.96. The van der Waals surface area contributed by atoms with Crippen LogP contribution in [0.25, 0.3) is 0 Å². The van der Waals surface area contributed by atoms with E-state index in [0.717, 1.165) is 29.7 Å². The number of carboxylic acids is 1. The molecule has 0 unspecified atom stereocenters. The lowest BCUT2D eigenvalue weighted by molar-refractivity contribution is -0.130. The number of ether oxygens (including phenoxy) is 1. The van der Waals surface area contributed by atoms with Gasteiger partial charge in [0.1, 0.15) is 13.1 Å². The van der Waals surface area contributed by atoms with Crippen molar-refractivity contribution in [3.63, 3.8) is 0 Å². The number of hydrogen-bond acceptors (Lipinski definition) is 11. The molecule has 0 atom stereocenters. The number of benzene rings is 4. The summed E-state index contributed by atoms with van der Waals surface area (Å²) >= 11 is 0. The number of aromatic carboxylic acids is 1. The summed E-state index contributed by atoms with van der Waals surface area (Å²) in [6.07, 6.45) is 1.55. The van der Waals surface area contributed by atoms with Crippen molar-refractivity contribution >= 4 is 58.6 Å². The van der Waals surface area contributed by atoms with Crippen LogP contribution in [-0.2, 0) is 27.4 Å². The van der Waals surface area contributed by atoms with Gasteiger partial charge in [-0.1, -0.05) is 36.4 Å². The van der Waals surface area contributed by atoms with Gasteiger partial charge in [-0.25, -0.2) is 19.2 Å². The van der Waals surface area contributed by atoms with Crippen LogP contribution in [0.5, 0.6) is 0 Å². The van der Waals surface area contributed by atoms with Gasteiger partial charge in [0.2, 0.25) is 0 Å². The molecule has 4 aromatic carbocycles. The Morgan fingerprint density at radius 1 is 0.593 bits per heavy atom. The molecule has 2 aliphatic rings. The minimum Gasteiger partial charge on any atom is -0.478 e. The third-order valence-corrected chi connectivity index (χ3v) is 9.26. The van der Waals surface area contributed by atoms with E-state index in [1.807, 2.05) is 35.3 Å². The van der Waals surface area contributed by atoms with Crippen molar-refractivity contribution in [1.82, 2.24) is 31.3 Å². The number of amides is 6. The molecule has 59 heavy (non-hydrogen) atoms. The normalized spacial score (nSPS) is 13.2. The first-order valence-corrected chi connectivity index (χ1v) is 18.8. The first-order valence-electron chi connectivity index (χ1n) is 18.8. The van der Waals surface area contributed by atoms with Crippen LogP contribution >= 0.6 is 0 Å². The van der Waals surface area contributed by atoms with E-state index in [0.29, 0.717) is 61.9 Å². The molecular formula is C41H48N10O8. The molecule has 0 spiro atoms. The van der Waals surface area contributed by atoms with Crippen LogP contribution in [0.4, 0.5) is 32.3 Å². The number of anilines is 4. The molecule has 9 N–H and O–H groups in total. The Hall–Kier alpha value is -7.50. The third-order valence-electron chi connectivity index (χ3n) is 9.26. The fraction of sp³-hybridized carbons (Fsp3) is 0.268. The van der Waals surface area contributed by atoms with E-state index < -0.39 is 24.0 Å². The fourth-order valence-electron chi connectivity index (χ4n) is 6.24. The number of nitrogens with zero attached hydrogens (tertiary/aromatic N) is 4. The molecule has 0 radical (unpaired) electrons. The molecule has 6 amide bonds. The van der Waals surface area contributed by atoms with Gasteiger partial charge in [0.05, 0.1) is 29.6 Å². The predicted octanol–water partition coefficient (Wildman–Crippen LogP) is 2.93. The number of nitrogen functional groups attached to an aromatic ring is 2. The second-order valence-corrected chi connectivity index (χ2v) is 13.4. The van der Waals surface area contributed by atoms with E-state index in [4.69, 9.17) is 21.3 Å². The number of carboxylic acid groups (broad SMARTS) is 1. The van der Waals surface area contributed by atoms with Crippen molar-refractivity contribution in [3.8, 4) is 0 Å². The monoisotopic (exact) mass is 808 g/mol. The van der Waals surface area contributed by atoms with Gasteiger partial charge < -0.3 is 42.6 Å². The fourth-order valence-corrected chi connectivity index (χ4v) is 6.24. The summed E-state index contributed by atoms with van der Waals surface area (Å²) in [7, 11) is 1.32. The van der Waals surface area contributed by atoms with E-state index in [-0.39, 0.29) is 30.5 Å². The number of hydrazine groups is 2. The highest BCUT2D eigenvalue weighted by atomic mass is 16.5. The maximum atomic E-state index is 12.7. The van der Waals surface area contributed by atoms with Crippen molar-refractivity contribution in [2.45, 2.75) is 25.9 Å². The summed E-state index contributed by atoms with van der Waals surface area (Å²) in [5, 5.41) is 26.3. The SMILES string of the molecule is COC(=O)c1cccc(N2CCCN2C(=O)CNC(=O)NCc2ccc(N)cc2)c1.Nc1ccc(CNC(=O)NCC(=O)N2CCCN2c2cccc(C(=O)O)c2)cc1. The topological polar surface area (TPSA) is 245 Å². The first kappa shape index (κ1) is 42.6. The van der Waals surface area contributed by atoms with E-state index >= 15 is 0 Å². The highest BCUT2D eigenvalue weighted by Crippen LogP contribution is 2.24. The van der Waals surface area contributed by atoms with Gasteiger partial charge in [-0.2, -0.15) is 0 Å². The molecule has 310 valence electrons. The predicted molar refractivity (Wildman–Crippen MR) is 221 cm³/mol. The van der Waals surface area contributed by atoms with Gasteiger partial charge in [-0.05, 0) is 84.6 Å². The van der Waals surface area contributed by atoms with E-state index in [1.54, 1.807) is 64.6 Å². The van der Waals surface area contributed by atoms with Crippen LogP contribution in [0.15, 0.2) is 97.1 Å². The van der Waals surface area contributed by atoms with Crippen LogP contribution in [-0.4, -0.2) is 97.3 Å². The molecule has 2 aliphatic heterocycles. The molecule has 4 aromatic rings. The number of carbonyl (C=O) groups is 6. The lowest BCUT2D eigenvalue weighted by Gasteiger charge is -2.30. The molecule has 2 heterocycles. The molecule has 18 heteroatoms. The van der Waals surface area contributed by atoms with E-state index in [2.05, 4.69) is 21.3 Å². The van der Waals surface area contributed by atoms with Crippen LogP contribution in [0, 0.1) is 0 Å². The van der Waals surface area contributed by atoms with Crippen LogP contribution < -0.4 is 42.8 Å². The second-order valence-electron chi connectivity index (χ2n) is 13.4. The van der Waals surface area contributed by atoms with Crippen molar-refractivity contribution in [2.24, 2.45) is 0 Å². The Morgan fingerprint density at radius 3 is 1.44 bits per heavy atom. The van der Waals surface area contributed by atoms with Gasteiger partial charge in [0.25, 0.3) is 11.8 Å². The molecule has 0 aromatic heterocycles. The number of methoxy groups -OCH3 is 1. The third kappa shape index (κ3) is 12.2. The summed E-state index contributed by atoms with van der Waals surface area (Å²) in [5.41, 5.74) is 16.3. The largest absolute Gasteiger partial charge is 0.478 e. The van der Waals surface area contributed by atoms with Gasteiger partial charge in [0.15, 0.2) is 0 Å². The van der Waals surface area contributed by atoms with Gasteiger partial charge in [-0.15, -0.1) is 0 Å². The van der Waals surface area contributed by atoms with Crippen LogP contribution in [0.1, 0.15) is 44.7 Å². The van der Waals surface area contributed by atoms with Gasteiger partial charge in [0, 0.05) is 50.6 Å². The van der Waals surface area contributed by atoms with Crippen LogP contribution in [0.3, 0.4) is 0 Å². The molecule has 18 nitrogen and oxygen atoms in total. The molecule has 2 fully saturated rings. The molecule has 0 saturated carbocycles. The van der Waals surface area contributed by atoms with Gasteiger partial charge in [-0.3, -0.25) is 29.6 Å². The molecular weight excluding hydrogens is 761 g/mol. The maximum absolute atomic E-state index is 12.7. The van der Waals surface area contributed by atoms with E-state index in [1.165, 1.54) is 24.3 Å². The van der Waals surface area contributed by atoms with Crippen LogP contribution in [0.2, 0.25) is 0 Å². The summed E-state index contributed by atoms with van der Waals surface area (Å²) in [4.78, 5) is 72.2. The molecule has 0 aliphatic carbocycles. The van der Waals surface area contributed by atoms with Crippen molar-refractivity contribution in [3.05, 3.63) is 119 Å². The first-order chi connectivity index (χ1) is 28.4. The number of carbonyl (C=O) groups excluding carboxylic acids is 5. The number of hydrogen-bond donors (Lipinski definition) is 7. The molecule has 6 rings (SSSR count). The number of nitrogens with one attached hydrogen (secondary N) is 4. The number of nitrogens with two attached hydrogens (primary N) is 2. The number of rotatable bonds is 12. The van der Waals surface area contributed by atoms with Crippen molar-refractivity contribution in [1.29, 1.82) is 0 Å². The van der Waals surface area contributed by atoms with E-state index in [9.17, 15) is 28.8 Å². The number of esters is 1. The minimum atomic E-state index is -1.02. The highest BCUT2D eigenvalue weighted by Gasteiger charge is 2.29. The standard InChI is InChI=1S/C21H25N5O4.C20H23N5O4/c1-30-20(28)16-4-2-5-18(12-16)25-10-3-11-26(25)19(27)14-24-21(29)23-13-15-6-8-17(22)9-7-15;21-16-7-5-14(6-8-16)12-22-20(29)23-13-18(26)25-10-2-9-24(25)17-4-1-3-15(11-17)19(27)28/h2,4-9,12H,3,10-11,13-14,22H2,1H3,(H2,23,24,29);1,3-8,11H,2,9-10,12-13,21H2,(H,27,28)(H2,22,23,29). The zero-order valence-corrected chi connectivity index (χ0v) is 32.6. The smallest absolute Gasteiger partial charge is 0.337 e. The zero-order valence-electron chi connectivity index (χ0n) is 32.6. The zero-order chi connectivity index (χ0) is 42.3. The lowest BCUT2D eigenvalue weighted by Crippen LogP contribution is -2.48. The molecule has 0 bridgehead atoms.